The van der Waals surface area contributed by atoms with E-state index in [1.165, 1.54) is 24.3 Å². The molecule has 1 amide bonds. The normalized spacial score (nSPS) is 13.6. The van der Waals surface area contributed by atoms with E-state index in [9.17, 15) is 18.0 Å². The molecule has 7 nitrogen and oxygen atoms in total. The highest BCUT2D eigenvalue weighted by Crippen LogP contribution is 2.35. The number of halogens is 5. The maximum absolute atomic E-state index is 15.2. The van der Waals surface area contributed by atoms with Gasteiger partial charge in [0.15, 0.2) is 11.6 Å². The highest BCUT2D eigenvalue weighted by Gasteiger charge is 2.23. The zero-order valence-electron chi connectivity index (χ0n) is 18.9. The summed E-state index contributed by atoms with van der Waals surface area (Å²) in [5.41, 5.74) is -0.0215. The molecule has 1 N–H and O–H groups in total. The molecule has 0 bridgehead atoms. The van der Waals surface area contributed by atoms with Gasteiger partial charge in [0.1, 0.15) is 17.4 Å². The Morgan fingerprint density at radius 3 is 2.51 bits per heavy atom. The third-order valence-corrected chi connectivity index (χ3v) is 5.91. The summed E-state index contributed by atoms with van der Waals surface area (Å²) in [6, 6.07) is 7.95. The second-order valence-electron chi connectivity index (χ2n) is 8.03. The van der Waals surface area contributed by atoms with E-state index in [1.807, 2.05) is 4.90 Å². The number of nitrogens with one attached hydrogen (secondary N) is 1. The third-order valence-electron chi connectivity index (χ3n) is 5.60. The van der Waals surface area contributed by atoms with Crippen molar-refractivity contribution in [3.05, 3.63) is 82.5 Å². The first-order valence-electron chi connectivity index (χ1n) is 11.0. The number of nitrogens with zero attached hydrogens (tertiary/aromatic N) is 3. The van der Waals surface area contributed by atoms with Gasteiger partial charge in [-0.2, -0.15) is 4.39 Å². The minimum absolute atomic E-state index is 0.0404. The lowest BCUT2D eigenvalue weighted by Crippen LogP contribution is -2.36. The topological polar surface area (TPSA) is 76.6 Å². The summed E-state index contributed by atoms with van der Waals surface area (Å²) in [4.78, 5) is 23.3. The zero-order chi connectivity index (χ0) is 26.1. The van der Waals surface area contributed by atoms with Crippen molar-refractivity contribution in [1.82, 2.24) is 9.97 Å². The quantitative estimate of drug-likeness (QED) is 0.262. The number of ether oxygens (including phenoxy) is 2. The van der Waals surface area contributed by atoms with Crippen LogP contribution in [0, 0.1) is 23.3 Å². The molecule has 4 aromatic rings. The van der Waals surface area contributed by atoms with Crippen molar-refractivity contribution in [2.75, 3.05) is 36.5 Å². The number of rotatable bonds is 5. The number of hydrogen-bond acceptors (Lipinski definition) is 6. The lowest BCUT2D eigenvalue weighted by Gasteiger charge is -2.27. The van der Waals surface area contributed by atoms with Crippen LogP contribution in [0.4, 0.5) is 29.1 Å². The number of carbonyl (C=O) groups excluding carboxylic acids is 1. The van der Waals surface area contributed by atoms with E-state index in [0.717, 1.165) is 12.1 Å². The molecule has 1 aromatic heterocycles. The molecule has 0 spiro atoms. The smallest absolute Gasteiger partial charge is 0.255 e. The summed E-state index contributed by atoms with van der Waals surface area (Å²) in [6.45, 7) is 2.36. The van der Waals surface area contributed by atoms with Gasteiger partial charge >= 0.3 is 0 Å². The summed E-state index contributed by atoms with van der Waals surface area (Å²) >= 11 is 5.60. The lowest BCUT2D eigenvalue weighted by atomic mass is 10.2. The molecule has 3 aromatic carbocycles. The number of hydrogen-bond donors (Lipinski definition) is 1. The molecule has 190 valence electrons. The first-order chi connectivity index (χ1) is 17.8. The maximum Gasteiger partial charge on any atom is 0.255 e. The van der Waals surface area contributed by atoms with Gasteiger partial charge in [-0.05, 0) is 30.3 Å². The summed E-state index contributed by atoms with van der Waals surface area (Å²) in [7, 11) is 0. The van der Waals surface area contributed by atoms with Crippen LogP contribution in [0.25, 0.3) is 11.0 Å². The number of benzene rings is 3. The fourth-order valence-corrected chi connectivity index (χ4v) is 3.82. The molecule has 37 heavy (non-hydrogen) atoms. The highest BCUT2D eigenvalue weighted by molar-refractivity contribution is 6.30. The number of morpholine rings is 1. The van der Waals surface area contributed by atoms with Gasteiger partial charge < -0.3 is 19.7 Å². The summed E-state index contributed by atoms with van der Waals surface area (Å²) in [6.07, 6.45) is 1.61. The van der Waals surface area contributed by atoms with E-state index < -0.39 is 40.6 Å². The molecular weight excluding hydrogens is 516 g/mol. The van der Waals surface area contributed by atoms with Crippen LogP contribution in [0.5, 0.6) is 11.5 Å². The Labute approximate surface area is 212 Å². The Hall–Kier alpha value is -3.96. The van der Waals surface area contributed by atoms with E-state index in [0.29, 0.717) is 49.2 Å². The van der Waals surface area contributed by atoms with E-state index >= 15 is 4.39 Å². The van der Waals surface area contributed by atoms with Crippen molar-refractivity contribution in [2.45, 2.75) is 0 Å². The SMILES string of the molecule is O=C(Nc1cc(F)c(F)c(Oc2ccc3ncc(N4CCOCC4)nc3c2)c1F)c1ccc(Cl)c(F)c1. The molecule has 0 unspecified atom stereocenters. The van der Waals surface area contributed by atoms with Crippen molar-refractivity contribution < 1.29 is 31.8 Å². The first kappa shape index (κ1) is 24.7. The number of carbonyl (C=O) groups is 1. The van der Waals surface area contributed by atoms with Gasteiger partial charge in [0.25, 0.3) is 5.91 Å². The highest BCUT2D eigenvalue weighted by atomic mass is 35.5. The van der Waals surface area contributed by atoms with Crippen LogP contribution in [-0.2, 0) is 4.74 Å². The van der Waals surface area contributed by atoms with E-state index in [-0.39, 0.29) is 16.3 Å². The molecule has 0 atom stereocenters. The summed E-state index contributed by atoms with van der Waals surface area (Å²) in [5, 5.41) is 1.87. The Morgan fingerprint density at radius 2 is 1.76 bits per heavy atom. The van der Waals surface area contributed by atoms with Crippen LogP contribution < -0.4 is 15.0 Å². The van der Waals surface area contributed by atoms with Crippen molar-refractivity contribution >= 4 is 40.0 Å². The molecule has 0 radical (unpaired) electrons. The second-order valence-corrected chi connectivity index (χ2v) is 8.43. The van der Waals surface area contributed by atoms with E-state index in [1.54, 1.807) is 6.20 Å². The van der Waals surface area contributed by atoms with Crippen LogP contribution >= 0.6 is 11.6 Å². The van der Waals surface area contributed by atoms with Crippen LogP contribution in [0.3, 0.4) is 0 Å². The van der Waals surface area contributed by atoms with Gasteiger partial charge in [-0.1, -0.05) is 11.6 Å². The Bertz CT molecular complexity index is 1520. The third kappa shape index (κ3) is 5.13. The van der Waals surface area contributed by atoms with Gasteiger partial charge in [-0.3, -0.25) is 9.78 Å². The van der Waals surface area contributed by atoms with Gasteiger partial charge in [0.2, 0.25) is 11.6 Å². The second kappa shape index (κ2) is 10.2. The fraction of sp³-hybridized carbons (Fsp3) is 0.160. The molecule has 5 rings (SSSR count). The molecular formula is C25H17ClF4N4O3. The van der Waals surface area contributed by atoms with Gasteiger partial charge in [-0.25, -0.2) is 18.2 Å². The van der Waals surface area contributed by atoms with Crippen LogP contribution in [0.15, 0.2) is 48.7 Å². The molecule has 1 aliphatic heterocycles. The minimum atomic E-state index is -1.60. The van der Waals surface area contributed by atoms with Crippen LogP contribution in [-0.4, -0.2) is 42.2 Å². The minimum Gasteiger partial charge on any atom is -0.451 e. The Morgan fingerprint density at radius 1 is 0.973 bits per heavy atom. The fourth-order valence-electron chi connectivity index (χ4n) is 3.70. The average molecular weight is 533 g/mol. The van der Waals surface area contributed by atoms with Crippen molar-refractivity contribution in [3.63, 3.8) is 0 Å². The average Bonchev–Trinajstić information content (AvgIpc) is 2.91. The predicted octanol–water partition coefficient (Wildman–Crippen LogP) is 5.72. The van der Waals surface area contributed by atoms with Crippen LogP contribution in [0.1, 0.15) is 10.4 Å². The van der Waals surface area contributed by atoms with Crippen molar-refractivity contribution in [1.29, 1.82) is 0 Å². The van der Waals surface area contributed by atoms with Crippen molar-refractivity contribution in [3.8, 4) is 11.5 Å². The molecule has 12 heteroatoms. The molecule has 2 heterocycles. The Kier molecular flexibility index (Phi) is 6.81. The number of amides is 1. The predicted molar refractivity (Wildman–Crippen MR) is 128 cm³/mol. The largest absolute Gasteiger partial charge is 0.451 e. The Balaban J connectivity index is 1.43. The standard InChI is InChI=1S/C25H17ClF4N4O3/c26-15-3-1-13(9-16(15)27)25(35)33-20-11-17(28)22(29)24(23(20)30)37-14-2-4-18-19(10-14)32-21(12-31-18)34-5-7-36-8-6-34/h1-4,9-12H,5-8H2,(H,33,35). The summed E-state index contributed by atoms with van der Waals surface area (Å²) in [5.74, 6) is -6.79. The van der Waals surface area contributed by atoms with E-state index in [2.05, 4.69) is 15.3 Å². The molecule has 1 aliphatic rings. The van der Waals surface area contributed by atoms with Crippen molar-refractivity contribution in [2.24, 2.45) is 0 Å². The van der Waals surface area contributed by atoms with E-state index in [4.69, 9.17) is 21.1 Å². The monoisotopic (exact) mass is 532 g/mol. The van der Waals surface area contributed by atoms with Gasteiger partial charge in [0.05, 0.1) is 41.2 Å². The number of anilines is 2. The van der Waals surface area contributed by atoms with Gasteiger partial charge in [-0.15, -0.1) is 0 Å². The first-order valence-corrected chi connectivity index (χ1v) is 11.4. The molecule has 1 saturated heterocycles. The molecule has 1 fully saturated rings. The van der Waals surface area contributed by atoms with Gasteiger partial charge in [0, 0.05) is 30.8 Å². The number of fused-ring (bicyclic) bond motifs is 1. The lowest BCUT2D eigenvalue weighted by molar-refractivity contribution is 0.102. The molecule has 0 saturated carbocycles. The number of aromatic nitrogens is 2. The molecule has 0 aliphatic carbocycles. The maximum atomic E-state index is 15.2. The zero-order valence-corrected chi connectivity index (χ0v) is 19.7. The summed E-state index contributed by atoms with van der Waals surface area (Å²) < 4.78 is 68.4. The van der Waals surface area contributed by atoms with Crippen LogP contribution in [0.2, 0.25) is 5.02 Å².